The van der Waals surface area contributed by atoms with Gasteiger partial charge in [-0.2, -0.15) is 4.31 Å². The number of benzene rings is 2. The van der Waals surface area contributed by atoms with Crippen LogP contribution in [0.3, 0.4) is 0 Å². The predicted octanol–water partition coefficient (Wildman–Crippen LogP) is 3.61. The van der Waals surface area contributed by atoms with Gasteiger partial charge >= 0.3 is 0 Å². The van der Waals surface area contributed by atoms with Gasteiger partial charge in [-0.05, 0) is 54.8 Å². The van der Waals surface area contributed by atoms with E-state index in [1.807, 2.05) is 0 Å². The zero-order chi connectivity index (χ0) is 18.3. The summed E-state index contributed by atoms with van der Waals surface area (Å²) in [5, 5.41) is 10.4. The first-order chi connectivity index (χ1) is 12.5. The third kappa shape index (κ3) is 2.73. The van der Waals surface area contributed by atoms with Crippen molar-refractivity contribution in [3.63, 3.8) is 0 Å². The van der Waals surface area contributed by atoms with E-state index in [0.717, 1.165) is 12.0 Å². The second kappa shape index (κ2) is 6.34. The Morgan fingerprint density at radius 2 is 1.88 bits per heavy atom. The molecule has 1 aliphatic rings. The molecule has 3 aromatic rings. The molecule has 2 aromatic carbocycles. The minimum absolute atomic E-state index is 0.0592. The number of aromatic hydroxyl groups is 1. The smallest absolute Gasteiger partial charge is 0.244 e. The zero-order valence-electron chi connectivity index (χ0n) is 13.8. The van der Waals surface area contributed by atoms with Crippen LogP contribution in [0.5, 0.6) is 5.75 Å². The molecule has 0 aliphatic carbocycles. The first-order valence-corrected chi connectivity index (χ1v) is 9.76. The summed E-state index contributed by atoms with van der Waals surface area (Å²) in [5.74, 6) is -0.409. The monoisotopic (exact) mass is 372 g/mol. The van der Waals surface area contributed by atoms with Crippen molar-refractivity contribution >= 4 is 20.9 Å². The summed E-state index contributed by atoms with van der Waals surface area (Å²) in [4.78, 5) is 4.21. The van der Waals surface area contributed by atoms with Gasteiger partial charge in [0.05, 0.1) is 10.9 Å². The summed E-state index contributed by atoms with van der Waals surface area (Å²) < 4.78 is 41.4. The molecule has 1 aliphatic heterocycles. The summed E-state index contributed by atoms with van der Waals surface area (Å²) in [5.41, 5.74) is 1.03. The molecule has 7 heteroatoms. The maximum absolute atomic E-state index is 13.4. The summed E-state index contributed by atoms with van der Waals surface area (Å²) >= 11 is 0. The van der Waals surface area contributed by atoms with Crippen LogP contribution in [-0.4, -0.2) is 29.4 Å². The topological polar surface area (TPSA) is 70.5 Å². The van der Waals surface area contributed by atoms with Crippen LogP contribution in [0, 0.1) is 5.82 Å². The molecule has 0 radical (unpaired) electrons. The quantitative estimate of drug-likeness (QED) is 0.763. The number of nitrogens with zero attached hydrogens (tertiary/aromatic N) is 2. The average molecular weight is 372 g/mol. The van der Waals surface area contributed by atoms with E-state index in [1.165, 1.54) is 34.8 Å². The number of aromatic nitrogens is 1. The lowest BCUT2D eigenvalue weighted by molar-refractivity contribution is 0.397. The van der Waals surface area contributed by atoms with Crippen LogP contribution in [0.25, 0.3) is 10.9 Å². The number of pyridine rings is 1. The molecule has 5 nitrogen and oxygen atoms in total. The third-order valence-electron chi connectivity index (χ3n) is 4.75. The van der Waals surface area contributed by atoms with Crippen molar-refractivity contribution in [3.05, 3.63) is 66.1 Å². The molecule has 0 saturated carbocycles. The Balaban J connectivity index is 1.81. The maximum atomic E-state index is 13.4. The Morgan fingerprint density at radius 3 is 2.65 bits per heavy atom. The number of sulfonamides is 1. The van der Waals surface area contributed by atoms with Gasteiger partial charge in [0.25, 0.3) is 0 Å². The van der Waals surface area contributed by atoms with E-state index in [2.05, 4.69) is 4.98 Å². The molecule has 134 valence electrons. The van der Waals surface area contributed by atoms with Crippen molar-refractivity contribution in [3.8, 4) is 5.75 Å². The average Bonchev–Trinajstić information content (AvgIpc) is 3.13. The van der Waals surface area contributed by atoms with Crippen LogP contribution in [-0.2, 0) is 10.0 Å². The van der Waals surface area contributed by atoms with Gasteiger partial charge in [0.1, 0.15) is 17.1 Å². The molecule has 26 heavy (non-hydrogen) atoms. The Kier molecular flexibility index (Phi) is 4.13. The lowest BCUT2D eigenvalue weighted by atomic mass is 10.1. The summed E-state index contributed by atoms with van der Waals surface area (Å²) in [6.45, 7) is 0.396. The fraction of sp³-hybridized carbons (Fsp3) is 0.211. The van der Waals surface area contributed by atoms with Crippen molar-refractivity contribution in [1.29, 1.82) is 0 Å². The number of phenolic OH excluding ortho intramolecular Hbond substituents is 1. The number of halogens is 1. The molecule has 1 fully saturated rings. The van der Waals surface area contributed by atoms with Crippen LogP contribution < -0.4 is 0 Å². The predicted molar refractivity (Wildman–Crippen MR) is 95.7 cm³/mol. The number of rotatable bonds is 3. The minimum Gasteiger partial charge on any atom is -0.506 e. The van der Waals surface area contributed by atoms with Crippen LogP contribution in [0.2, 0.25) is 0 Å². The lowest BCUT2D eigenvalue weighted by Crippen LogP contribution is -2.30. The van der Waals surface area contributed by atoms with E-state index < -0.39 is 10.0 Å². The van der Waals surface area contributed by atoms with Gasteiger partial charge in [0.2, 0.25) is 10.0 Å². The number of hydrogen-bond donors (Lipinski definition) is 1. The van der Waals surface area contributed by atoms with E-state index in [9.17, 15) is 17.9 Å². The first kappa shape index (κ1) is 16.9. The number of hydrogen-bond acceptors (Lipinski definition) is 4. The molecule has 1 atom stereocenters. The van der Waals surface area contributed by atoms with E-state index >= 15 is 0 Å². The highest BCUT2D eigenvalue weighted by atomic mass is 32.2. The highest BCUT2D eigenvalue weighted by Crippen LogP contribution is 2.39. The Morgan fingerprint density at radius 1 is 1.12 bits per heavy atom. The third-order valence-corrected chi connectivity index (χ3v) is 6.72. The largest absolute Gasteiger partial charge is 0.506 e. The van der Waals surface area contributed by atoms with Crippen molar-refractivity contribution in [2.75, 3.05) is 6.54 Å². The molecular formula is C19H17FN2O3S. The highest BCUT2D eigenvalue weighted by molar-refractivity contribution is 7.89. The van der Waals surface area contributed by atoms with E-state index in [4.69, 9.17) is 0 Å². The molecule has 1 N–H and O–H groups in total. The molecule has 0 bridgehead atoms. The van der Waals surface area contributed by atoms with Gasteiger partial charge in [0, 0.05) is 18.1 Å². The molecule has 2 heterocycles. The van der Waals surface area contributed by atoms with Gasteiger partial charge in [-0.3, -0.25) is 4.98 Å². The molecule has 4 rings (SSSR count). The first-order valence-electron chi connectivity index (χ1n) is 8.32. The number of fused-ring (bicyclic) bond motifs is 1. The Hall–Kier alpha value is -2.51. The van der Waals surface area contributed by atoms with Crippen LogP contribution >= 0.6 is 0 Å². The van der Waals surface area contributed by atoms with E-state index in [1.54, 1.807) is 24.3 Å². The minimum atomic E-state index is -3.80. The molecule has 0 amide bonds. The van der Waals surface area contributed by atoms with Crippen molar-refractivity contribution in [2.45, 2.75) is 23.8 Å². The lowest BCUT2D eigenvalue weighted by Gasteiger charge is -2.25. The molecule has 1 saturated heterocycles. The van der Waals surface area contributed by atoms with Gasteiger partial charge in [-0.1, -0.05) is 12.1 Å². The Bertz CT molecular complexity index is 1070. The fourth-order valence-corrected chi connectivity index (χ4v) is 5.40. The summed E-state index contributed by atoms with van der Waals surface area (Å²) in [7, 11) is -3.80. The van der Waals surface area contributed by atoms with Gasteiger partial charge in [-0.25, -0.2) is 12.8 Å². The molecular weight excluding hydrogens is 355 g/mol. The summed E-state index contributed by atoms with van der Waals surface area (Å²) in [6.07, 6.45) is 2.92. The van der Waals surface area contributed by atoms with Gasteiger partial charge in [-0.15, -0.1) is 0 Å². The molecule has 1 aromatic heterocycles. The SMILES string of the molecule is O=S(=O)(c1ccc(O)c2ncccc12)N1CCCC1c1ccc(F)cc1. The van der Waals surface area contributed by atoms with Gasteiger partial charge in [0.15, 0.2) is 0 Å². The second-order valence-corrected chi connectivity index (χ2v) is 8.17. The molecule has 1 unspecified atom stereocenters. The van der Waals surface area contributed by atoms with Crippen molar-refractivity contribution in [2.24, 2.45) is 0 Å². The van der Waals surface area contributed by atoms with Crippen LogP contribution in [0.1, 0.15) is 24.4 Å². The zero-order valence-corrected chi connectivity index (χ0v) is 14.7. The van der Waals surface area contributed by atoms with E-state index in [0.29, 0.717) is 18.4 Å². The fourth-order valence-electron chi connectivity index (χ4n) is 3.53. The van der Waals surface area contributed by atoms with Crippen molar-refractivity contribution in [1.82, 2.24) is 9.29 Å². The van der Waals surface area contributed by atoms with Crippen molar-refractivity contribution < 1.29 is 17.9 Å². The highest BCUT2D eigenvalue weighted by Gasteiger charge is 2.37. The summed E-state index contributed by atoms with van der Waals surface area (Å²) in [6, 6.07) is 11.7. The van der Waals surface area contributed by atoms with Gasteiger partial charge < -0.3 is 5.11 Å². The maximum Gasteiger partial charge on any atom is 0.244 e. The molecule has 0 spiro atoms. The van der Waals surface area contributed by atoms with Crippen LogP contribution in [0.4, 0.5) is 4.39 Å². The standard InChI is InChI=1S/C19H17FN2O3S/c20-14-7-5-13(6-8-14)16-4-2-12-22(16)26(24,25)18-10-9-17(23)19-15(18)3-1-11-21-19/h1,3,5-11,16,23H,2,4,12H2. The van der Waals surface area contributed by atoms with E-state index in [-0.39, 0.29) is 28.0 Å². The normalized spacial score (nSPS) is 18.4. The Labute approximate surface area is 150 Å². The van der Waals surface area contributed by atoms with Crippen LogP contribution in [0.15, 0.2) is 59.6 Å². The second-order valence-electron chi connectivity index (χ2n) is 6.31. The number of phenols is 1.